The number of hydrogen-bond acceptors (Lipinski definition) is 11. The number of nitrogens with two attached hydrogens (primary N) is 3. The lowest BCUT2D eigenvalue weighted by Gasteiger charge is -2.26. The Kier molecular flexibility index (Phi) is 32.6. The molecule has 4 atom stereocenters. The molecule has 0 aliphatic carbocycles. The molecule has 19 nitrogen and oxygen atoms in total. The maximum absolute atomic E-state index is 13.3. The van der Waals surface area contributed by atoms with Gasteiger partial charge >= 0.3 is 17.9 Å². The molecule has 0 aliphatic rings. The Morgan fingerprint density at radius 2 is 1.12 bits per heavy atom. The van der Waals surface area contributed by atoms with E-state index in [0.29, 0.717) is 12.8 Å². The van der Waals surface area contributed by atoms with Crippen LogP contribution in [0.1, 0.15) is 149 Å². The highest BCUT2D eigenvalue weighted by molar-refractivity contribution is 5.96. The lowest BCUT2D eigenvalue weighted by atomic mass is 10.0. The van der Waals surface area contributed by atoms with E-state index in [1.807, 2.05) is 0 Å². The first-order valence-electron chi connectivity index (χ1n) is 21.8. The van der Waals surface area contributed by atoms with Gasteiger partial charge in [0, 0.05) is 19.8 Å². The molecular formula is C41H76N8O11. The van der Waals surface area contributed by atoms with Crippen LogP contribution in [0.2, 0.25) is 0 Å². The predicted octanol–water partition coefficient (Wildman–Crippen LogP) is 2.36. The van der Waals surface area contributed by atoms with Gasteiger partial charge in [0.05, 0.1) is 32.0 Å². The van der Waals surface area contributed by atoms with E-state index in [0.717, 1.165) is 64.6 Å². The number of guanidine groups is 1. The summed E-state index contributed by atoms with van der Waals surface area (Å²) in [5.41, 5.74) is 16.3. The molecule has 0 radical (unpaired) electrons. The molecule has 0 aromatic rings. The lowest BCUT2D eigenvalue weighted by molar-refractivity contribution is -0.152. The number of carboxylic acid groups (broad SMARTS) is 2. The van der Waals surface area contributed by atoms with Crippen LogP contribution in [0.15, 0.2) is 4.99 Å². The predicted molar refractivity (Wildman–Crippen MR) is 227 cm³/mol. The van der Waals surface area contributed by atoms with Crippen LogP contribution in [0.5, 0.6) is 0 Å². The van der Waals surface area contributed by atoms with Crippen LogP contribution in [-0.2, 0) is 43.0 Å². The van der Waals surface area contributed by atoms with Crippen molar-refractivity contribution >= 4 is 47.5 Å². The van der Waals surface area contributed by atoms with E-state index in [4.69, 9.17) is 26.7 Å². The Bertz CT molecular complexity index is 1300. The number of rotatable bonds is 38. The van der Waals surface area contributed by atoms with Crippen molar-refractivity contribution in [3.63, 3.8) is 0 Å². The normalized spacial score (nSPS) is 13.0. The third-order valence-corrected chi connectivity index (χ3v) is 9.55. The molecule has 60 heavy (non-hydrogen) atoms. The average Bonchev–Trinajstić information content (AvgIpc) is 3.18. The van der Waals surface area contributed by atoms with E-state index < -0.39 is 91.0 Å². The zero-order valence-corrected chi connectivity index (χ0v) is 36.3. The SMILES string of the molecule is CCCCCCCCCCOCCCCCCCCCCOC(=O)[C@H](CC(=O)O)NC(=O)[C@@H](NC(=O)[C@H](CC(=O)O)NC(=O)CNC(=O)[C@@H](N)CCCN=C(N)N)C(C)C. The number of carbonyl (C=O) groups excluding carboxylic acids is 5. The number of aliphatic carboxylic acids is 2. The molecule has 0 unspecified atom stereocenters. The van der Waals surface area contributed by atoms with Crippen molar-refractivity contribution in [3.05, 3.63) is 0 Å². The summed E-state index contributed by atoms with van der Waals surface area (Å²) in [6.45, 7) is 6.64. The van der Waals surface area contributed by atoms with Crippen molar-refractivity contribution in [1.29, 1.82) is 0 Å². The van der Waals surface area contributed by atoms with E-state index in [-0.39, 0.29) is 25.5 Å². The lowest BCUT2D eigenvalue weighted by Crippen LogP contribution is -2.58. The van der Waals surface area contributed by atoms with E-state index in [1.54, 1.807) is 13.8 Å². The molecule has 0 rings (SSSR count). The minimum absolute atomic E-state index is 0.0355. The Balaban J connectivity index is 4.73. The highest BCUT2D eigenvalue weighted by Gasteiger charge is 2.33. The molecule has 346 valence electrons. The minimum atomic E-state index is -1.66. The Hall–Kier alpha value is -4.52. The average molecular weight is 857 g/mol. The van der Waals surface area contributed by atoms with E-state index in [9.17, 15) is 43.8 Å². The number of ether oxygens (including phenoxy) is 2. The zero-order chi connectivity index (χ0) is 45.1. The van der Waals surface area contributed by atoms with Gasteiger partial charge in [0.25, 0.3) is 0 Å². The Morgan fingerprint density at radius 1 is 0.617 bits per heavy atom. The Morgan fingerprint density at radius 3 is 1.62 bits per heavy atom. The monoisotopic (exact) mass is 857 g/mol. The van der Waals surface area contributed by atoms with Crippen molar-refractivity contribution < 1.29 is 53.2 Å². The zero-order valence-electron chi connectivity index (χ0n) is 36.3. The molecule has 0 bridgehead atoms. The van der Waals surface area contributed by atoms with Gasteiger partial charge in [-0.2, -0.15) is 0 Å². The van der Waals surface area contributed by atoms with Gasteiger partial charge in [-0.25, -0.2) is 4.79 Å². The van der Waals surface area contributed by atoms with Gasteiger partial charge in [0.1, 0.15) is 18.1 Å². The third kappa shape index (κ3) is 30.5. The molecule has 0 saturated carbocycles. The first-order chi connectivity index (χ1) is 28.6. The first kappa shape index (κ1) is 55.5. The number of nitrogens with one attached hydrogen (secondary N) is 4. The summed E-state index contributed by atoms with van der Waals surface area (Å²) in [6.07, 6.45) is 17.0. The fourth-order valence-corrected chi connectivity index (χ4v) is 6.08. The van der Waals surface area contributed by atoms with Crippen LogP contribution in [0.4, 0.5) is 0 Å². The summed E-state index contributed by atoms with van der Waals surface area (Å²) in [6, 6.07) is -5.58. The summed E-state index contributed by atoms with van der Waals surface area (Å²) in [7, 11) is 0. The number of nitrogens with zero attached hydrogens (tertiary/aromatic N) is 1. The van der Waals surface area contributed by atoms with Crippen molar-refractivity contribution in [1.82, 2.24) is 21.3 Å². The van der Waals surface area contributed by atoms with E-state index >= 15 is 0 Å². The maximum atomic E-state index is 13.3. The fraction of sp³-hybridized carbons (Fsp3) is 0.805. The molecule has 0 aromatic carbocycles. The van der Waals surface area contributed by atoms with Crippen LogP contribution < -0.4 is 38.5 Å². The standard InChI is InChI=1S/C41H76N8O11/c1-4-5-6-7-8-11-14-17-23-59-24-18-15-12-9-10-13-16-19-25-60-40(58)32(27-35(53)54)48-39(57)36(29(2)3)49-38(56)31(26-34(51)52)47-33(50)28-46-37(55)30(42)21-20-22-45-41(43)44/h29-32,36H,4-28,42H2,1-3H3,(H,46,55)(H,47,50)(H,48,57)(H,49,56)(H,51,52)(H,53,54)(H4,43,44,45)/t30-,31-,32-,36-/m0/s1. The molecule has 0 aromatic heterocycles. The molecular weight excluding hydrogens is 780 g/mol. The third-order valence-electron chi connectivity index (χ3n) is 9.55. The minimum Gasteiger partial charge on any atom is -0.481 e. The molecule has 0 saturated heterocycles. The van der Waals surface area contributed by atoms with Crippen molar-refractivity contribution in [2.75, 3.05) is 32.9 Å². The molecule has 0 spiro atoms. The number of esters is 1. The number of unbranched alkanes of at least 4 members (excludes halogenated alkanes) is 14. The van der Waals surface area contributed by atoms with Gasteiger partial charge in [-0.05, 0) is 38.0 Å². The second-order valence-electron chi connectivity index (χ2n) is 15.5. The highest BCUT2D eigenvalue weighted by atomic mass is 16.5. The molecule has 12 N–H and O–H groups in total. The maximum Gasteiger partial charge on any atom is 0.329 e. The topological polar surface area (TPSA) is 317 Å². The van der Waals surface area contributed by atoms with Crippen LogP contribution >= 0.6 is 0 Å². The Labute approximate surface area is 355 Å². The van der Waals surface area contributed by atoms with Crippen molar-refractivity contribution in [2.24, 2.45) is 28.1 Å². The van der Waals surface area contributed by atoms with Gasteiger partial charge in [-0.3, -0.25) is 33.8 Å². The summed E-state index contributed by atoms with van der Waals surface area (Å²) in [5.74, 6) is -8.05. The number of hydrogen-bond donors (Lipinski definition) is 9. The smallest absolute Gasteiger partial charge is 0.329 e. The first-order valence-corrected chi connectivity index (χ1v) is 21.8. The summed E-state index contributed by atoms with van der Waals surface area (Å²) in [4.78, 5) is 91.1. The summed E-state index contributed by atoms with van der Waals surface area (Å²) >= 11 is 0. The molecule has 0 aliphatic heterocycles. The second-order valence-corrected chi connectivity index (χ2v) is 15.5. The largest absolute Gasteiger partial charge is 0.481 e. The number of aliphatic imine (C=N–C) groups is 1. The van der Waals surface area contributed by atoms with Crippen LogP contribution in [0, 0.1) is 5.92 Å². The van der Waals surface area contributed by atoms with Crippen molar-refractivity contribution in [3.8, 4) is 0 Å². The van der Waals surface area contributed by atoms with Crippen LogP contribution in [0.3, 0.4) is 0 Å². The van der Waals surface area contributed by atoms with Crippen LogP contribution in [0.25, 0.3) is 0 Å². The number of carbonyl (C=O) groups is 7. The molecule has 19 heteroatoms. The van der Waals surface area contributed by atoms with E-state index in [2.05, 4.69) is 33.2 Å². The van der Waals surface area contributed by atoms with Gasteiger partial charge in [0.15, 0.2) is 5.96 Å². The van der Waals surface area contributed by atoms with Crippen LogP contribution in [-0.4, -0.2) is 115 Å². The summed E-state index contributed by atoms with van der Waals surface area (Å²) < 4.78 is 11.1. The van der Waals surface area contributed by atoms with Gasteiger partial charge in [-0.15, -0.1) is 0 Å². The van der Waals surface area contributed by atoms with Gasteiger partial charge < -0.3 is 58.2 Å². The number of amides is 4. The fourth-order valence-electron chi connectivity index (χ4n) is 6.08. The second kappa shape index (κ2) is 35.3. The van der Waals surface area contributed by atoms with Crippen molar-refractivity contribution in [2.45, 2.75) is 173 Å². The number of carboxylic acids is 2. The quantitative estimate of drug-likeness (QED) is 0.0186. The van der Waals surface area contributed by atoms with Gasteiger partial charge in [0.2, 0.25) is 23.6 Å². The molecule has 0 fully saturated rings. The molecule has 0 heterocycles. The van der Waals surface area contributed by atoms with E-state index in [1.165, 1.54) is 44.9 Å². The summed E-state index contributed by atoms with van der Waals surface area (Å²) in [5, 5.41) is 28.0. The highest BCUT2D eigenvalue weighted by Crippen LogP contribution is 2.12. The molecule has 4 amide bonds. The van der Waals surface area contributed by atoms with Gasteiger partial charge in [-0.1, -0.05) is 104 Å².